The van der Waals surface area contributed by atoms with Crippen LogP contribution >= 0.6 is 11.6 Å². The van der Waals surface area contributed by atoms with E-state index in [9.17, 15) is 4.79 Å². The Morgan fingerprint density at radius 3 is 2.19 bits per heavy atom. The summed E-state index contributed by atoms with van der Waals surface area (Å²) in [4.78, 5) is 14.3. The van der Waals surface area contributed by atoms with E-state index in [2.05, 4.69) is 31.2 Å². The first-order valence-electron chi connectivity index (χ1n) is 8.18. The molecule has 1 aliphatic rings. The minimum atomic E-state index is 0.0723. The molecule has 1 fully saturated rings. The van der Waals surface area contributed by atoms with Gasteiger partial charge in [-0.05, 0) is 30.4 Å². The van der Waals surface area contributed by atoms with E-state index in [1.165, 1.54) is 36.8 Å². The third-order valence-corrected chi connectivity index (χ3v) is 4.71. The molecular weight excluding hydrogens is 282 g/mol. The molecule has 0 saturated heterocycles. The fourth-order valence-electron chi connectivity index (χ4n) is 3.14. The molecule has 2 nitrogen and oxygen atoms in total. The number of amides is 1. The standard InChI is InChI=1S/C18H26ClNO/c1-2-15-9-11-16(12-10-15)14-20(18(21)13-19)17-7-5-3-4-6-8-17/h9-12,17H,2-8,13-14H2,1H3. The van der Waals surface area contributed by atoms with Crippen LogP contribution in [0.15, 0.2) is 24.3 Å². The molecule has 0 radical (unpaired) electrons. The molecule has 116 valence electrons. The summed E-state index contributed by atoms with van der Waals surface area (Å²) >= 11 is 5.83. The van der Waals surface area contributed by atoms with Crippen molar-refractivity contribution in [3.05, 3.63) is 35.4 Å². The van der Waals surface area contributed by atoms with E-state index >= 15 is 0 Å². The van der Waals surface area contributed by atoms with Crippen molar-refractivity contribution in [3.63, 3.8) is 0 Å². The van der Waals surface area contributed by atoms with Crippen LogP contribution in [0.2, 0.25) is 0 Å². The van der Waals surface area contributed by atoms with Gasteiger partial charge in [-0.2, -0.15) is 0 Å². The summed E-state index contributed by atoms with van der Waals surface area (Å²) < 4.78 is 0. The van der Waals surface area contributed by atoms with Crippen LogP contribution in [0, 0.1) is 0 Å². The van der Waals surface area contributed by atoms with Gasteiger partial charge in [0.1, 0.15) is 5.88 Å². The van der Waals surface area contributed by atoms with Crippen molar-refractivity contribution in [1.82, 2.24) is 4.90 Å². The highest BCUT2D eigenvalue weighted by Gasteiger charge is 2.24. The molecular formula is C18H26ClNO. The molecule has 0 heterocycles. The predicted molar refractivity (Wildman–Crippen MR) is 88.6 cm³/mol. The first-order valence-corrected chi connectivity index (χ1v) is 8.71. The van der Waals surface area contributed by atoms with E-state index in [1.807, 2.05) is 4.90 Å². The Hall–Kier alpha value is -1.02. The van der Waals surface area contributed by atoms with E-state index in [-0.39, 0.29) is 11.8 Å². The molecule has 0 bridgehead atoms. The maximum atomic E-state index is 12.2. The number of carbonyl (C=O) groups is 1. The van der Waals surface area contributed by atoms with Crippen molar-refractivity contribution in [2.45, 2.75) is 64.5 Å². The van der Waals surface area contributed by atoms with Crippen LogP contribution in [0.25, 0.3) is 0 Å². The lowest BCUT2D eigenvalue weighted by Crippen LogP contribution is -2.40. The molecule has 21 heavy (non-hydrogen) atoms. The van der Waals surface area contributed by atoms with Crippen LogP contribution in [0.5, 0.6) is 0 Å². The highest BCUT2D eigenvalue weighted by molar-refractivity contribution is 6.27. The number of nitrogens with zero attached hydrogens (tertiary/aromatic N) is 1. The number of hydrogen-bond donors (Lipinski definition) is 0. The first-order chi connectivity index (χ1) is 10.2. The lowest BCUT2D eigenvalue weighted by Gasteiger charge is -2.31. The van der Waals surface area contributed by atoms with Crippen LogP contribution < -0.4 is 0 Å². The van der Waals surface area contributed by atoms with Gasteiger partial charge >= 0.3 is 0 Å². The first kappa shape index (κ1) is 16.4. The van der Waals surface area contributed by atoms with Crippen molar-refractivity contribution in [3.8, 4) is 0 Å². The largest absolute Gasteiger partial charge is 0.334 e. The molecule has 0 spiro atoms. The number of aryl methyl sites for hydroxylation is 1. The van der Waals surface area contributed by atoms with Gasteiger partial charge in [0.05, 0.1) is 0 Å². The fourth-order valence-corrected chi connectivity index (χ4v) is 3.30. The highest BCUT2D eigenvalue weighted by Crippen LogP contribution is 2.24. The third-order valence-electron chi connectivity index (χ3n) is 4.48. The lowest BCUT2D eigenvalue weighted by atomic mass is 10.0. The second-order valence-electron chi connectivity index (χ2n) is 5.97. The summed E-state index contributed by atoms with van der Waals surface area (Å²) in [6.07, 6.45) is 8.34. The molecule has 0 atom stereocenters. The van der Waals surface area contributed by atoms with Crippen molar-refractivity contribution >= 4 is 17.5 Å². The quantitative estimate of drug-likeness (QED) is 0.578. The molecule has 3 heteroatoms. The smallest absolute Gasteiger partial charge is 0.238 e. The van der Waals surface area contributed by atoms with Crippen LogP contribution in [-0.2, 0) is 17.8 Å². The topological polar surface area (TPSA) is 20.3 Å². The number of carbonyl (C=O) groups excluding carboxylic acids is 1. The molecule has 1 aliphatic carbocycles. The minimum Gasteiger partial charge on any atom is -0.334 e. The highest BCUT2D eigenvalue weighted by atomic mass is 35.5. The van der Waals surface area contributed by atoms with Gasteiger partial charge in [0.15, 0.2) is 0 Å². The Bertz CT molecular complexity index is 435. The van der Waals surface area contributed by atoms with Gasteiger partial charge in [0.2, 0.25) is 5.91 Å². The second-order valence-corrected chi connectivity index (χ2v) is 6.24. The zero-order valence-electron chi connectivity index (χ0n) is 13.0. The van der Waals surface area contributed by atoms with E-state index < -0.39 is 0 Å². The molecule has 1 amide bonds. The SMILES string of the molecule is CCc1ccc(CN(C(=O)CCl)C2CCCCCC2)cc1. The lowest BCUT2D eigenvalue weighted by molar-refractivity contribution is -0.131. The molecule has 0 N–H and O–H groups in total. The molecule has 0 aromatic heterocycles. The number of halogens is 1. The number of rotatable bonds is 5. The van der Waals surface area contributed by atoms with Crippen LogP contribution in [-0.4, -0.2) is 22.7 Å². The summed E-state index contributed by atoms with van der Waals surface area (Å²) in [5, 5.41) is 0. The summed E-state index contributed by atoms with van der Waals surface area (Å²) in [5.41, 5.74) is 2.54. The van der Waals surface area contributed by atoms with Crippen LogP contribution in [0.3, 0.4) is 0 Å². The summed E-state index contributed by atoms with van der Waals surface area (Å²) in [5.74, 6) is 0.159. The van der Waals surface area contributed by atoms with Crippen molar-refractivity contribution < 1.29 is 4.79 Å². The van der Waals surface area contributed by atoms with Gasteiger partial charge in [0, 0.05) is 12.6 Å². The van der Waals surface area contributed by atoms with Gasteiger partial charge in [-0.3, -0.25) is 4.79 Å². The molecule has 1 aromatic rings. The van der Waals surface area contributed by atoms with Crippen LogP contribution in [0.1, 0.15) is 56.6 Å². The van der Waals surface area contributed by atoms with Gasteiger partial charge in [0.25, 0.3) is 0 Å². The predicted octanol–water partition coefficient (Wildman–Crippen LogP) is 4.54. The van der Waals surface area contributed by atoms with E-state index in [0.29, 0.717) is 12.6 Å². The zero-order valence-corrected chi connectivity index (χ0v) is 13.7. The molecule has 1 saturated carbocycles. The van der Waals surface area contributed by atoms with Gasteiger partial charge in [-0.15, -0.1) is 11.6 Å². The Balaban J connectivity index is 2.09. The minimum absolute atomic E-state index is 0.0723. The summed E-state index contributed by atoms with van der Waals surface area (Å²) in [7, 11) is 0. The Morgan fingerprint density at radius 1 is 1.10 bits per heavy atom. The zero-order chi connectivity index (χ0) is 15.1. The van der Waals surface area contributed by atoms with E-state index in [4.69, 9.17) is 11.6 Å². The maximum Gasteiger partial charge on any atom is 0.238 e. The maximum absolute atomic E-state index is 12.2. The van der Waals surface area contributed by atoms with Gasteiger partial charge in [-0.25, -0.2) is 0 Å². The molecule has 2 rings (SSSR count). The number of alkyl halides is 1. The van der Waals surface area contributed by atoms with Crippen molar-refractivity contribution in [2.75, 3.05) is 5.88 Å². The molecule has 0 aliphatic heterocycles. The monoisotopic (exact) mass is 307 g/mol. The van der Waals surface area contributed by atoms with E-state index in [0.717, 1.165) is 19.3 Å². The number of hydrogen-bond acceptors (Lipinski definition) is 1. The Kier molecular flexibility index (Phi) is 6.56. The van der Waals surface area contributed by atoms with Crippen molar-refractivity contribution in [2.24, 2.45) is 0 Å². The van der Waals surface area contributed by atoms with E-state index in [1.54, 1.807) is 0 Å². The van der Waals surface area contributed by atoms with Crippen molar-refractivity contribution in [1.29, 1.82) is 0 Å². The summed E-state index contributed by atoms with van der Waals surface area (Å²) in [6.45, 7) is 2.85. The van der Waals surface area contributed by atoms with Gasteiger partial charge < -0.3 is 4.90 Å². The Morgan fingerprint density at radius 2 is 1.67 bits per heavy atom. The van der Waals surface area contributed by atoms with Gasteiger partial charge in [-0.1, -0.05) is 56.9 Å². The normalized spacial score (nSPS) is 16.5. The second kappa shape index (κ2) is 8.43. The fraction of sp³-hybridized carbons (Fsp3) is 0.611. The average Bonchev–Trinajstić information content (AvgIpc) is 2.81. The Labute approximate surface area is 133 Å². The number of benzene rings is 1. The molecule has 0 unspecified atom stereocenters. The third kappa shape index (κ3) is 4.74. The average molecular weight is 308 g/mol. The molecule has 1 aromatic carbocycles. The van der Waals surface area contributed by atoms with Crippen LogP contribution in [0.4, 0.5) is 0 Å². The summed E-state index contributed by atoms with van der Waals surface area (Å²) in [6, 6.07) is 8.97.